The highest BCUT2D eigenvalue weighted by Gasteiger charge is 2.25. The Labute approximate surface area is 165 Å². The number of benzene rings is 1. The molecule has 1 saturated heterocycles. The number of likely N-dealkylation sites (N-methyl/N-ethyl adjacent to an activating group) is 1. The minimum atomic E-state index is 0.440. The second-order valence-corrected chi connectivity index (χ2v) is 8.08. The van der Waals surface area contributed by atoms with E-state index in [0.717, 1.165) is 59.9 Å². The molecule has 1 aliphatic carbocycles. The van der Waals surface area contributed by atoms with Crippen molar-refractivity contribution in [2.75, 3.05) is 20.1 Å². The topological polar surface area (TPSA) is 53.1 Å². The number of likely N-dealkylation sites (tertiary alicyclic amines) is 1. The maximum Gasteiger partial charge on any atom is 0.142 e. The Balaban J connectivity index is 1.61. The summed E-state index contributed by atoms with van der Waals surface area (Å²) in [5, 5.41) is 8.11. The number of nitrogens with one attached hydrogen (secondary N) is 1. The van der Waals surface area contributed by atoms with Crippen molar-refractivity contribution in [2.45, 2.75) is 31.6 Å². The number of piperidine rings is 1. The molecule has 1 fully saturated rings. The van der Waals surface area contributed by atoms with Gasteiger partial charge in [-0.15, -0.1) is 0 Å². The predicted octanol–water partition coefficient (Wildman–Crippen LogP) is 5.13. The number of fused-ring (bicyclic) bond motifs is 1. The average Bonchev–Trinajstić information content (AvgIpc) is 3.33. The third-order valence-electron chi connectivity index (χ3n) is 6.11. The van der Waals surface area contributed by atoms with Gasteiger partial charge in [0.1, 0.15) is 11.5 Å². The van der Waals surface area contributed by atoms with E-state index in [1.54, 1.807) is 0 Å². The summed E-state index contributed by atoms with van der Waals surface area (Å²) >= 11 is 0. The van der Waals surface area contributed by atoms with Gasteiger partial charge in [0.2, 0.25) is 0 Å². The van der Waals surface area contributed by atoms with Gasteiger partial charge in [-0.25, -0.2) is 0 Å². The van der Waals surface area contributed by atoms with Crippen LogP contribution in [0.2, 0.25) is 0 Å². The van der Waals surface area contributed by atoms with Crippen molar-refractivity contribution in [3.05, 3.63) is 65.7 Å². The standard InChI is InChI=1S/C24H25N3O/c1-27-12-2-3-19(15-27)23-14-21(24(28-23)16-8-10-26-11-9-16)18-4-6-20-17(13-18)5-7-22(20)25/h4,6,8-11,13-14,19,25H,2-3,5,7,12,15H2,1H3. The van der Waals surface area contributed by atoms with Gasteiger partial charge < -0.3 is 14.7 Å². The van der Waals surface area contributed by atoms with Crippen LogP contribution in [0.1, 0.15) is 42.1 Å². The quantitative estimate of drug-likeness (QED) is 0.694. The van der Waals surface area contributed by atoms with Crippen LogP contribution in [-0.4, -0.2) is 35.7 Å². The first-order chi connectivity index (χ1) is 13.7. The number of hydrogen-bond acceptors (Lipinski definition) is 4. The Morgan fingerprint density at radius 1 is 1.04 bits per heavy atom. The van der Waals surface area contributed by atoms with Crippen molar-refractivity contribution in [1.29, 1.82) is 5.41 Å². The number of aromatic nitrogens is 1. The molecule has 28 heavy (non-hydrogen) atoms. The Kier molecular flexibility index (Phi) is 4.36. The minimum absolute atomic E-state index is 0.440. The fourth-order valence-electron chi connectivity index (χ4n) is 4.60. The van der Waals surface area contributed by atoms with Gasteiger partial charge in [0.25, 0.3) is 0 Å². The Bertz CT molecular complexity index is 1020. The molecule has 1 N–H and O–H groups in total. The summed E-state index contributed by atoms with van der Waals surface area (Å²) in [6, 6.07) is 12.8. The number of furan rings is 1. The molecule has 1 aliphatic heterocycles. The van der Waals surface area contributed by atoms with Crippen molar-refractivity contribution in [1.82, 2.24) is 9.88 Å². The maximum absolute atomic E-state index is 8.11. The molecule has 0 spiro atoms. The fraction of sp³-hybridized carbons (Fsp3) is 0.333. The lowest BCUT2D eigenvalue weighted by atomic mass is 9.94. The molecule has 2 aromatic heterocycles. The van der Waals surface area contributed by atoms with Crippen molar-refractivity contribution < 1.29 is 4.42 Å². The summed E-state index contributed by atoms with van der Waals surface area (Å²) in [5.41, 5.74) is 6.54. The second-order valence-electron chi connectivity index (χ2n) is 8.08. The lowest BCUT2D eigenvalue weighted by Gasteiger charge is -2.28. The maximum atomic E-state index is 8.11. The van der Waals surface area contributed by atoms with Gasteiger partial charge >= 0.3 is 0 Å². The zero-order chi connectivity index (χ0) is 19.1. The Hall–Kier alpha value is -2.72. The van der Waals surface area contributed by atoms with Crippen LogP contribution in [0, 0.1) is 5.41 Å². The highest BCUT2D eigenvalue weighted by molar-refractivity contribution is 6.03. The molecule has 0 saturated carbocycles. The van der Waals surface area contributed by atoms with Gasteiger partial charge in [0.05, 0.1) is 0 Å². The molecule has 0 bridgehead atoms. The van der Waals surface area contributed by atoms with E-state index in [9.17, 15) is 0 Å². The lowest BCUT2D eigenvalue weighted by molar-refractivity contribution is 0.235. The van der Waals surface area contributed by atoms with Gasteiger partial charge in [-0.05, 0) is 74.2 Å². The van der Waals surface area contributed by atoms with Crippen LogP contribution in [0.3, 0.4) is 0 Å². The molecular formula is C24H25N3O. The van der Waals surface area contributed by atoms with E-state index in [1.165, 1.54) is 24.0 Å². The molecule has 1 atom stereocenters. The summed E-state index contributed by atoms with van der Waals surface area (Å²) in [6.07, 6.45) is 7.84. The second kappa shape index (κ2) is 7.02. The largest absolute Gasteiger partial charge is 0.460 e. The van der Waals surface area contributed by atoms with Crippen LogP contribution in [0.5, 0.6) is 0 Å². The van der Waals surface area contributed by atoms with Crippen molar-refractivity contribution >= 4 is 5.71 Å². The third kappa shape index (κ3) is 3.08. The Morgan fingerprint density at radius 2 is 1.89 bits per heavy atom. The lowest BCUT2D eigenvalue weighted by Crippen LogP contribution is -2.30. The van der Waals surface area contributed by atoms with E-state index in [0.29, 0.717) is 5.92 Å². The molecule has 0 amide bonds. The molecule has 4 heteroatoms. The van der Waals surface area contributed by atoms with E-state index in [1.807, 2.05) is 24.5 Å². The van der Waals surface area contributed by atoms with Gasteiger partial charge in [-0.3, -0.25) is 4.98 Å². The summed E-state index contributed by atoms with van der Waals surface area (Å²) in [7, 11) is 2.19. The summed E-state index contributed by atoms with van der Waals surface area (Å²) in [5.74, 6) is 2.45. The molecule has 3 heterocycles. The van der Waals surface area contributed by atoms with E-state index in [-0.39, 0.29) is 0 Å². The first kappa shape index (κ1) is 17.4. The molecule has 2 aliphatic rings. The molecule has 0 radical (unpaired) electrons. The summed E-state index contributed by atoms with van der Waals surface area (Å²) in [6.45, 7) is 2.21. The third-order valence-corrected chi connectivity index (χ3v) is 6.11. The van der Waals surface area contributed by atoms with Crippen LogP contribution in [0.4, 0.5) is 0 Å². The van der Waals surface area contributed by atoms with Crippen molar-refractivity contribution in [3.63, 3.8) is 0 Å². The molecule has 142 valence electrons. The van der Waals surface area contributed by atoms with Crippen LogP contribution >= 0.6 is 0 Å². The van der Waals surface area contributed by atoms with Crippen LogP contribution in [0.25, 0.3) is 22.5 Å². The summed E-state index contributed by atoms with van der Waals surface area (Å²) in [4.78, 5) is 6.56. The number of pyridine rings is 1. The summed E-state index contributed by atoms with van der Waals surface area (Å²) < 4.78 is 6.49. The SMILES string of the molecule is CN1CCCC(c2cc(-c3ccc4c(c3)CCC4=N)c(-c3ccncc3)o2)C1. The molecular weight excluding hydrogens is 346 g/mol. The average molecular weight is 371 g/mol. The molecule has 3 aromatic rings. The van der Waals surface area contributed by atoms with E-state index >= 15 is 0 Å². The van der Waals surface area contributed by atoms with Gasteiger partial charge in [0.15, 0.2) is 0 Å². The zero-order valence-corrected chi connectivity index (χ0v) is 16.2. The van der Waals surface area contributed by atoms with Crippen LogP contribution < -0.4 is 0 Å². The van der Waals surface area contributed by atoms with Crippen molar-refractivity contribution in [3.8, 4) is 22.5 Å². The van der Waals surface area contributed by atoms with Crippen LogP contribution in [-0.2, 0) is 6.42 Å². The van der Waals surface area contributed by atoms with E-state index in [4.69, 9.17) is 9.83 Å². The number of rotatable bonds is 3. The van der Waals surface area contributed by atoms with Gasteiger partial charge in [0, 0.05) is 41.7 Å². The first-order valence-electron chi connectivity index (χ1n) is 10.1. The molecule has 1 aromatic carbocycles. The Morgan fingerprint density at radius 3 is 2.71 bits per heavy atom. The van der Waals surface area contributed by atoms with E-state index < -0.39 is 0 Å². The predicted molar refractivity (Wildman–Crippen MR) is 112 cm³/mol. The van der Waals surface area contributed by atoms with Crippen LogP contribution in [0.15, 0.2) is 53.2 Å². The monoisotopic (exact) mass is 371 g/mol. The van der Waals surface area contributed by atoms with E-state index in [2.05, 4.69) is 41.2 Å². The molecule has 4 nitrogen and oxygen atoms in total. The highest BCUT2D eigenvalue weighted by atomic mass is 16.3. The van der Waals surface area contributed by atoms with Gasteiger partial charge in [-0.2, -0.15) is 0 Å². The highest BCUT2D eigenvalue weighted by Crippen LogP contribution is 2.40. The number of nitrogens with zero attached hydrogens (tertiary/aromatic N) is 2. The number of hydrogen-bond donors (Lipinski definition) is 1. The first-order valence-corrected chi connectivity index (χ1v) is 10.1. The normalized spacial score (nSPS) is 19.8. The molecule has 1 unspecified atom stereocenters. The smallest absolute Gasteiger partial charge is 0.142 e. The molecule has 5 rings (SSSR count). The zero-order valence-electron chi connectivity index (χ0n) is 16.2. The van der Waals surface area contributed by atoms with Gasteiger partial charge in [-0.1, -0.05) is 18.2 Å². The fourth-order valence-corrected chi connectivity index (χ4v) is 4.60. The van der Waals surface area contributed by atoms with Crippen molar-refractivity contribution in [2.24, 2.45) is 0 Å². The minimum Gasteiger partial charge on any atom is -0.460 e. The number of aryl methyl sites for hydroxylation is 1.